The van der Waals surface area contributed by atoms with Crippen LogP contribution in [0.25, 0.3) is 16.7 Å². The quantitative estimate of drug-likeness (QED) is 0.0114. The highest BCUT2D eigenvalue weighted by Gasteiger charge is 2.51. The second-order valence-electron chi connectivity index (χ2n) is 28.6. The summed E-state index contributed by atoms with van der Waals surface area (Å²) in [6.07, 6.45) is 37.9. The number of aromatic amines is 2. The summed E-state index contributed by atoms with van der Waals surface area (Å²) in [5.74, 6) is 7.26. The molecule has 0 saturated heterocycles. The van der Waals surface area contributed by atoms with Gasteiger partial charge in [0.05, 0.1) is 12.6 Å². The summed E-state index contributed by atoms with van der Waals surface area (Å²) in [5.41, 5.74) is 19.9. The number of allylic oxidation sites excluding steroid dienone is 7. The van der Waals surface area contributed by atoms with Crippen molar-refractivity contribution < 1.29 is 14.2 Å². The van der Waals surface area contributed by atoms with Crippen LogP contribution in [0.2, 0.25) is 5.82 Å². The molecular formula is C74H90BN18O3. The maximum Gasteiger partial charge on any atom is 0.376 e. The highest BCUT2D eigenvalue weighted by molar-refractivity contribution is 6.32. The molecule has 0 spiro atoms. The third-order valence-corrected chi connectivity index (χ3v) is 21.2. The molecular weight excluding hydrogens is 1200 g/mol. The zero-order chi connectivity index (χ0) is 65.7. The molecule has 3 atom stereocenters. The molecule has 96 heavy (non-hydrogen) atoms. The predicted molar refractivity (Wildman–Crippen MR) is 375 cm³/mol. The molecule has 8 bridgehead atoms. The van der Waals surface area contributed by atoms with Gasteiger partial charge in [0.25, 0.3) is 17.8 Å². The average molecular weight is 1290 g/mol. The van der Waals surface area contributed by atoms with Crippen LogP contribution in [0.3, 0.4) is 0 Å². The van der Waals surface area contributed by atoms with Gasteiger partial charge in [-0.05, 0) is 258 Å². The molecule has 21 nitrogen and oxygen atoms in total. The monoisotopic (exact) mass is 1290 g/mol. The van der Waals surface area contributed by atoms with Crippen molar-refractivity contribution in [1.82, 2.24) is 66.8 Å². The molecule has 18 rings (SSSR count). The number of carbonyl (C=O) groups is 2. The molecule has 8 saturated carbocycles. The van der Waals surface area contributed by atoms with Crippen LogP contribution in [0.1, 0.15) is 142 Å². The van der Waals surface area contributed by atoms with Crippen molar-refractivity contribution in [3.63, 3.8) is 0 Å². The number of nitrogens with two attached hydrogens (primary N) is 1. The lowest BCUT2D eigenvalue weighted by Gasteiger charge is -2.55. The smallest absolute Gasteiger partial charge is 0.376 e. The molecule has 8 fully saturated rings. The van der Waals surface area contributed by atoms with Gasteiger partial charge in [0.1, 0.15) is 6.40 Å². The highest BCUT2D eigenvalue weighted by atomic mass is 16.4. The fourth-order valence-corrected chi connectivity index (χ4v) is 17.9. The molecule has 22 heteroatoms. The number of ketones is 1. The number of H-pyrrole nitrogens is 2. The number of hydrogen-bond donors (Lipinski definition) is 8. The summed E-state index contributed by atoms with van der Waals surface area (Å²) < 4.78 is 5.15. The van der Waals surface area contributed by atoms with Gasteiger partial charge in [-0.3, -0.25) is 15.0 Å². The maximum absolute atomic E-state index is 13.0. The van der Waals surface area contributed by atoms with Crippen LogP contribution in [0.5, 0.6) is 0 Å². The number of hydrogen-bond acceptors (Lipinski definition) is 17. The predicted octanol–water partition coefficient (Wildman–Crippen LogP) is 11.4. The van der Waals surface area contributed by atoms with Gasteiger partial charge in [-0.25, -0.2) is 0 Å². The molecule has 4 aromatic carbocycles. The van der Waals surface area contributed by atoms with Crippen molar-refractivity contribution in [2.75, 3.05) is 35.6 Å². The molecule has 3 heterocycles. The summed E-state index contributed by atoms with van der Waals surface area (Å²) in [6, 6.07) is 35.4. The average Bonchev–Trinajstić information content (AvgIpc) is 1.29. The van der Waals surface area contributed by atoms with Crippen LogP contribution < -0.4 is 27.0 Å². The number of carbonyl (C=O) groups excluding carboxylic acids is 2. The number of benzene rings is 4. The van der Waals surface area contributed by atoms with Crippen molar-refractivity contribution in [2.24, 2.45) is 52.1 Å². The summed E-state index contributed by atoms with van der Waals surface area (Å²) in [6.45, 7) is 3.99. The van der Waals surface area contributed by atoms with E-state index in [1.165, 1.54) is 127 Å². The van der Waals surface area contributed by atoms with Crippen LogP contribution in [0, 0.1) is 51.7 Å². The van der Waals surface area contributed by atoms with E-state index in [-0.39, 0.29) is 35.0 Å². The van der Waals surface area contributed by atoms with Crippen LogP contribution in [0.4, 0.5) is 17.8 Å². The van der Waals surface area contributed by atoms with Gasteiger partial charge in [0, 0.05) is 25.7 Å². The topological polar surface area (TPSA) is 294 Å². The first-order valence-electron chi connectivity index (χ1n) is 34.7. The van der Waals surface area contributed by atoms with Crippen molar-refractivity contribution in [3.8, 4) is 0 Å². The number of amides is 1. The van der Waals surface area contributed by atoms with Gasteiger partial charge in [0.2, 0.25) is 5.91 Å². The van der Waals surface area contributed by atoms with Crippen LogP contribution in [-0.4, -0.2) is 119 Å². The second-order valence-corrected chi connectivity index (χ2v) is 28.6. The number of fused-ring (bicyclic) bond motifs is 3. The van der Waals surface area contributed by atoms with E-state index in [0.717, 1.165) is 86.0 Å². The van der Waals surface area contributed by atoms with Crippen molar-refractivity contribution in [3.05, 3.63) is 185 Å². The molecule has 11 aliphatic rings. The lowest BCUT2D eigenvalue weighted by molar-refractivity contribution is -0.117. The molecule has 0 aliphatic heterocycles. The first kappa shape index (κ1) is 65.5. The Bertz CT molecular complexity index is 3840. The largest absolute Gasteiger partial charge is 0.555 e. The van der Waals surface area contributed by atoms with Crippen molar-refractivity contribution in [2.45, 2.75) is 147 Å². The Kier molecular flexibility index (Phi) is 20.9. The Hall–Kier alpha value is -9.18. The second kappa shape index (κ2) is 30.7. The Labute approximate surface area is 563 Å². The number of tetrazole rings is 3. The van der Waals surface area contributed by atoms with Crippen LogP contribution in [-0.2, 0) is 40.1 Å². The normalized spacial score (nSPS) is 24.8. The number of rotatable bonds is 25. The third-order valence-electron chi connectivity index (χ3n) is 21.2. The van der Waals surface area contributed by atoms with Crippen molar-refractivity contribution >= 4 is 60.1 Å². The fraction of sp³-hybridized carbons (Fsp3) is 0.459. The molecule has 1 amide bonds. The van der Waals surface area contributed by atoms with E-state index in [1.54, 1.807) is 19.2 Å². The number of nitrogens with zero attached hydrogens (tertiary/aromatic N) is 10. The first-order chi connectivity index (χ1) is 46.9. The van der Waals surface area contributed by atoms with Gasteiger partial charge >= 0.3 is 7.48 Å². The Morgan fingerprint density at radius 3 is 1.57 bits per heavy atom. The maximum atomic E-state index is 13.0. The molecule has 497 valence electrons. The number of anilines is 3. The lowest BCUT2D eigenvalue weighted by atomic mass is 9.49. The van der Waals surface area contributed by atoms with E-state index in [4.69, 9.17) is 15.8 Å². The Balaban J connectivity index is 0.000000121. The van der Waals surface area contributed by atoms with Gasteiger partial charge in [0.15, 0.2) is 5.78 Å². The zero-order valence-corrected chi connectivity index (χ0v) is 55.0. The SMILES string of the molecule is CC(=O)/C=C/C12CC3CC(CC(C3)C1)C2.N=CO[B][C@H](CNc1nnn(Cc2ccccc2)n1)CC1=CCc2ccccc21.N[C@H](CNc1nn[nH]n1)CC1=CCc2ccccc21.O=C(/C=C/C12CC3CC(CC(C3)C1)C2)N[C@H](CNc1nn[nH]n1)CC1=CCc2ccccc21. The van der Waals surface area contributed by atoms with E-state index >= 15 is 0 Å². The zero-order valence-electron chi connectivity index (χ0n) is 55.0. The molecule has 11 aliphatic carbocycles. The summed E-state index contributed by atoms with van der Waals surface area (Å²) in [7, 11) is 1.69. The summed E-state index contributed by atoms with van der Waals surface area (Å²) >= 11 is 0. The van der Waals surface area contributed by atoms with Gasteiger partial charge < -0.3 is 31.7 Å². The minimum atomic E-state index is -0.0746. The molecule has 7 aromatic rings. The Morgan fingerprint density at radius 2 is 1.07 bits per heavy atom. The van der Waals surface area contributed by atoms with E-state index in [9.17, 15) is 9.59 Å². The molecule has 1 radical (unpaired) electrons. The standard InChI is InChI=1S/C26H32N6O.C21H22BN6O.C14H20O.C13H16N6/c33-24(7-8-26-13-17-9-18(14-26)11-19(10-17)15-26)28-22(16-27-25-29-31-32-30-25)12-21-6-5-20-3-1-2-4-23(20)21;23-15-29-22-19(12-18-11-10-17-8-4-5-9-20(17)18)13-24-21-25-27-28(26-21)14-16-6-2-1-3-7-16;1-10(15)2-3-14-7-11-4-12(8-14)6-13(5-11)9-14;14-11(8-15-13-16-18-19-17-13)7-10-6-5-9-3-1-2-4-12(9)10/h1-4,6-8,17-19,22H,5,9-16H2,(H,28,33)(H2,27,29,30,31,32);1-9,11,15,19,23H,10,12-14H2,(H,24,26);2-3,11-13H,4-9H2,1H3;1-4,6,11H,5,7-8,14H2,(H2,15,16,17,18,19)/b8-7+;;3-2+;/t17?,18?,19?,22-,26?;19-;;11-/m00.0/s1. The lowest BCUT2D eigenvalue weighted by Crippen LogP contribution is -2.45. The van der Waals surface area contributed by atoms with E-state index in [2.05, 4.69) is 181 Å². The number of aromatic nitrogens is 12. The fourth-order valence-electron chi connectivity index (χ4n) is 17.9. The minimum absolute atomic E-state index is 0.00228. The van der Waals surface area contributed by atoms with Gasteiger partial charge in [-0.2, -0.15) is 15.2 Å². The first-order valence-corrected chi connectivity index (χ1v) is 34.7. The van der Waals surface area contributed by atoms with Gasteiger partial charge in [-0.15, -0.1) is 15.3 Å². The van der Waals surface area contributed by atoms with E-state index in [0.29, 0.717) is 49.4 Å². The minimum Gasteiger partial charge on any atom is -0.555 e. The van der Waals surface area contributed by atoms with E-state index < -0.39 is 0 Å². The van der Waals surface area contributed by atoms with Crippen LogP contribution >= 0.6 is 0 Å². The molecule has 3 aromatic heterocycles. The van der Waals surface area contributed by atoms with Crippen LogP contribution in [0.15, 0.2) is 146 Å². The molecule has 0 unspecified atom stereocenters. The highest BCUT2D eigenvalue weighted by Crippen LogP contribution is 2.62. The summed E-state index contributed by atoms with van der Waals surface area (Å²) in [4.78, 5) is 25.7. The summed E-state index contributed by atoms with van der Waals surface area (Å²) in [5, 5.41) is 60.0. The third kappa shape index (κ3) is 17.1. The number of nitrogens with one attached hydrogen (secondary N) is 7. The van der Waals surface area contributed by atoms with E-state index in [1.807, 2.05) is 42.5 Å². The molecule has 9 N–H and O–H groups in total. The Morgan fingerprint density at radius 1 is 0.604 bits per heavy atom. The van der Waals surface area contributed by atoms with Crippen molar-refractivity contribution in [1.29, 1.82) is 5.41 Å². The van der Waals surface area contributed by atoms with Gasteiger partial charge in [-0.1, -0.05) is 149 Å².